The van der Waals surface area contributed by atoms with E-state index in [4.69, 9.17) is 9.47 Å². The number of aromatic amines is 1. The second kappa shape index (κ2) is 8.68. The lowest BCUT2D eigenvalue weighted by Crippen LogP contribution is -2.53. The molecule has 41 heavy (non-hydrogen) atoms. The number of para-hydroxylation sites is 1. The number of fused-ring (bicyclic) bond motifs is 6. The zero-order chi connectivity index (χ0) is 27.9. The molecule has 4 aliphatic rings. The summed E-state index contributed by atoms with van der Waals surface area (Å²) < 4.78 is 11.4. The number of carbonyl (C=O) groups excluding carboxylic acids is 3. The number of amides is 3. The molecule has 1 spiro atoms. The summed E-state index contributed by atoms with van der Waals surface area (Å²) in [5, 5.41) is 7.63. The Hall–Kier alpha value is -4.63. The third kappa shape index (κ3) is 3.29. The fourth-order valence-electron chi connectivity index (χ4n) is 7.21. The van der Waals surface area contributed by atoms with E-state index in [0.717, 1.165) is 34.0 Å². The Balaban J connectivity index is 1.27. The van der Waals surface area contributed by atoms with Crippen molar-refractivity contribution in [1.29, 1.82) is 0 Å². The molecule has 0 radical (unpaired) electrons. The maximum Gasteiger partial charge on any atom is 0.250 e. The molecule has 2 fully saturated rings. The summed E-state index contributed by atoms with van der Waals surface area (Å²) in [7, 11) is 0. The number of imide groups is 1. The number of nitrogens with zero attached hydrogens (tertiary/aromatic N) is 1. The lowest BCUT2D eigenvalue weighted by atomic mass is 9.76. The van der Waals surface area contributed by atoms with Gasteiger partial charge in [-0.1, -0.05) is 37.3 Å². The molecule has 8 rings (SSSR count). The van der Waals surface area contributed by atoms with Gasteiger partial charge in [-0.25, -0.2) is 4.90 Å². The molecule has 0 aliphatic carbocycles. The van der Waals surface area contributed by atoms with Crippen LogP contribution in [0, 0.1) is 11.8 Å². The number of anilines is 2. The van der Waals surface area contributed by atoms with E-state index in [1.165, 1.54) is 4.90 Å². The van der Waals surface area contributed by atoms with Gasteiger partial charge in [-0.15, -0.1) is 0 Å². The van der Waals surface area contributed by atoms with E-state index in [1.54, 1.807) is 18.2 Å². The highest BCUT2D eigenvalue weighted by Crippen LogP contribution is 2.54. The molecule has 4 atom stereocenters. The average Bonchev–Trinajstić information content (AvgIpc) is 3.71. The second-order valence-corrected chi connectivity index (χ2v) is 11.2. The van der Waals surface area contributed by atoms with Crippen LogP contribution in [0.1, 0.15) is 23.6 Å². The normalized spacial score (nSPS) is 26.1. The smallest absolute Gasteiger partial charge is 0.250 e. The summed E-state index contributed by atoms with van der Waals surface area (Å²) in [5.74, 6) is -1.60. The monoisotopic (exact) mass is 548 g/mol. The first-order chi connectivity index (χ1) is 20.0. The summed E-state index contributed by atoms with van der Waals surface area (Å²) in [6.07, 6.45) is 3.20. The summed E-state index contributed by atoms with van der Waals surface area (Å²) in [5.41, 5.74) is 3.52. The summed E-state index contributed by atoms with van der Waals surface area (Å²) in [4.78, 5) is 47.2. The van der Waals surface area contributed by atoms with Crippen molar-refractivity contribution in [3.63, 3.8) is 0 Å². The van der Waals surface area contributed by atoms with Gasteiger partial charge in [0.25, 0.3) is 0 Å². The molecule has 4 aromatic rings. The van der Waals surface area contributed by atoms with Crippen molar-refractivity contribution in [2.45, 2.75) is 31.3 Å². The summed E-state index contributed by atoms with van der Waals surface area (Å²) in [6.45, 7) is 2.88. The predicted octanol–water partition coefficient (Wildman–Crippen LogP) is 3.67. The Morgan fingerprint density at radius 3 is 2.63 bits per heavy atom. The predicted molar refractivity (Wildman–Crippen MR) is 152 cm³/mol. The molecular weight excluding hydrogens is 520 g/mol. The van der Waals surface area contributed by atoms with Gasteiger partial charge in [0, 0.05) is 40.5 Å². The standard InChI is InChI=1S/C32H28N4O5/c1-2-17-7-9-23-21(13-17)32(31(39)34-23)28-27(24(35-32)14-18-16-33-22-6-4-3-5-20(18)22)29(37)36(30(28)38)19-8-10-25-26(15-19)41-12-11-40-25/h3-10,13,15-16,24,27-28,33,35H,2,11-12,14H2,1H3,(H,34,39)/t24-,27+,28-,32-/m0/s1. The maximum absolute atomic E-state index is 14.4. The first kappa shape index (κ1) is 24.2. The number of benzene rings is 3. The van der Waals surface area contributed by atoms with Crippen LogP contribution in [0.5, 0.6) is 11.5 Å². The van der Waals surface area contributed by atoms with Gasteiger partial charge in [-0.2, -0.15) is 0 Å². The quantitative estimate of drug-likeness (QED) is 0.336. The zero-order valence-corrected chi connectivity index (χ0v) is 22.4. The Bertz CT molecular complexity index is 1780. The average molecular weight is 549 g/mol. The topological polar surface area (TPSA) is 113 Å². The van der Waals surface area contributed by atoms with Gasteiger partial charge in [-0.3, -0.25) is 19.7 Å². The van der Waals surface area contributed by atoms with Crippen molar-refractivity contribution in [2.75, 3.05) is 23.4 Å². The van der Waals surface area contributed by atoms with Crippen molar-refractivity contribution in [1.82, 2.24) is 10.3 Å². The van der Waals surface area contributed by atoms with E-state index < -0.39 is 29.3 Å². The van der Waals surface area contributed by atoms with E-state index in [2.05, 4.69) is 22.5 Å². The molecule has 2 saturated heterocycles. The lowest BCUT2D eigenvalue weighted by Gasteiger charge is -2.30. The second-order valence-electron chi connectivity index (χ2n) is 11.2. The minimum atomic E-state index is -1.36. The van der Waals surface area contributed by atoms with Crippen LogP contribution < -0.4 is 25.0 Å². The SMILES string of the molecule is CCc1ccc2c(c1)[C@@]1(N[C@@H](Cc3c[nH]c4ccccc34)[C@H]3C(=O)N(c4ccc5c(c4)OCCO5)C(=O)[C@H]31)C(=O)N2. The molecule has 3 N–H and O–H groups in total. The molecule has 9 nitrogen and oxygen atoms in total. The molecule has 206 valence electrons. The Labute approximate surface area is 235 Å². The Morgan fingerprint density at radius 2 is 1.78 bits per heavy atom. The van der Waals surface area contributed by atoms with E-state index in [1.807, 2.05) is 48.7 Å². The molecule has 0 saturated carbocycles. The van der Waals surface area contributed by atoms with Gasteiger partial charge in [-0.05, 0) is 48.2 Å². The van der Waals surface area contributed by atoms with Crippen molar-refractivity contribution in [3.8, 4) is 11.5 Å². The van der Waals surface area contributed by atoms with Crippen LogP contribution in [0.25, 0.3) is 10.9 Å². The van der Waals surface area contributed by atoms with Crippen LogP contribution in [0.3, 0.4) is 0 Å². The highest BCUT2D eigenvalue weighted by molar-refractivity contribution is 6.26. The molecule has 0 unspecified atom stereocenters. The van der Waals surface area contributed by atoms with Gasteiger partial charge in [0.05, 0.1) is 17.5 Å². The molecular formula is C32H28N4O5. The van der Waals surface area contributed by atoms with Crippen LogP contribution in [0.15, 0.2) is 66.9 Å². The van der Waals surface area contributed by atoms with E-state index >= 15 is 0 Å². The molecule has 4 aliphatic heterocycles. The van der Waals surface area contributed by atoms with Crippen LogP contribution in [0.2, 0.25) is 0 Å². The molecule has 5 heterocycles. The minimum Gasteiger partial charge on any atom is -0.486 e. The number of nitrogens with one attached hydrogen (secondary N) is 3. The van der Waals surface area contributed by atoms with Crippen LogP contribution in [-0.4, -0.2) is 42.0 Å². The highest BCUT2D eigenvalue weighted by Gasteiger charge is 2.70. The minimum absolute atomic E-state index is 0.303. The number of carbonyl (C=O) groups is 3. The fraction of sp³-hybridized carbons (Fsp3) is 0.281. The zero-order valence-electron chi connectivity index (χ0n) is 22.4. The molecule has 1 aromatic heterocycles. The Morgan fingerprint density at radius 1 is 0.951 bits per heavy atom. The number of aromatic nitrogens is 1. The van der Waals surface area contributed by atoms with Gasteiger partial charge in [0.1, 0.15) is 18.8 Å². The van der Waals surface area contributed by atoms with E-state index in [9.17, 15) is 14.4 Å². The molecule has 0 bridgehead atoms. The number of ether oxygens (including phenoxy) is 2. The number of H-pyrrole nitrogens is 1. The highest BCUT2D eigenvalue weighted by atomic mass is 16.6. The van der Waals surface area contributed by atoms with Crippen molar-refractivity contribution < 1.29 is 23.9 Å². The molecule has 3 aromatic carbocycles. The first-order valence-corrected chi connectivity index (χ1v) is 14.0. The van der Waals surface area contributed by atoms with Gasteiger partial charge >= 0.3 is 0 Å². The summed E-state index contributed by atoms with van der Waals surface area (Å²) >= 11 is 0. The van der Waals surface area contributed by atoms with Gasteiger partial charge in [0.15, 0.2) is 11.5 Å². The van der Waals surface area contributed by atoms with Crippen LogP contribution in [-0.2, 0) is 32.8 Å². The van der Waals surface area contributed by atoms with Crippen LogP contribution in [0.4, 0.5) is 11.4 Å². The van der Waals surface area contributed by atoms with Crippen LogP contribution >= 0.6 is 0 Å². The lowest BCUT2D eigenvalue weighted by molar-refractivity contribution is -0.130. The molecule has 9 heteroatoms. The van der Waals surface area contributed by atoms with Crippen molar-refractivity contribution in [3.05, 3.63) is 83.6 Å². The van der Waals surface area contributed by atoms with E-state index in [-0.39, 0.29) is 11.8 Å². The van der Waals surface area contributed by atoms with E-state index in [0.29, 0.717) is 42.5 Å². The fourth-order valence-corrected chi connectivity index (χ4v) is 7.21. The Kier molecular flexibility index (Phi) is 5.12. The van der Waals surface area contributed by atoms with Gasteiger partial charge < -0.3 is 19.8 Å². The van der Waals surface area contributed by atoms with Gasteiger partial charge in [0.2, 0.25) is 17.7 Å². The number of hydrogen-bond acceptors (Lipinski definition) is 6. The molecule has 3 amide bonds. The first-order valence-electron chi connectivity index (χ1n) is 14.0. The largest absolute Gasteiger partial charge is 0.486 e. The summed E-state index contributed by atoms with van der Waals surface area (Å²) in [6, 6.07) is 18.5. The van der Waals surface area contributed by atoms with Crippen molar-refractivity contribution in [2.24, 2.45) is 11.8 Å². The number of aryl methyl sites for hydroxylation is 1. The van der Waals surface area contributed by atoms with Crippen molar-refractivity contribution >= 4 is 40.0 Å². The maximum atomic E-state index is 14.4. The number of rotatable bonds is 4. The number of hydrogen-bond donors (Lipinski definition) is 3. The third-order valence-corrected chi connectivity index (χ3v) is 9.09. The third-order valence-electron chi connectivity index (χ3n) is 9.09.